The van der Waals surface area contributed by atoms with Gasteiger partial charge in [-0.25, -0.2) is 4.98 Å². The Hall–Kier alpha value is -2.62. The molecule has 1 aromatic heterocycles. The van der Waals surface area contributed by atoms with Crippen LogP contribution in [0, 0.1) is 6.92 Å². The first-order valence-corrected chi connectivity index (χ1v) is 7.44. The second kappa shape index (κ2) is 6.02. The Bertz CT molecular complexity index is 821. The molecule has 0 spiro atoms. The number of fused-ring (bicyclic) bond motifs is 1. The smallest absolute Gasteiger partial charge is 0.229 e. The third kappa shape index (κ3) is 2.86. The molecule has 0 radical (unpaired) electrons. The maximum atomic E-state index is 11.9. The van der Waals surface area contributed by atoms with E-state index in [9.17, 15) is 4.79 Å². The van der Waals surface area contributed by atoms with E-state index in [0.717, 1.165) is 34.3 Å². The Labute approximate surface area is 129 Å². The summed E-state index contributed by atoms with van der Waals surface area (Å²) in [5.41, 5.74) is 4.22. The van der Waals surface area contributed by atoms with E-state index in [2.05, 4.69) is 10.3 Å². The number of nitrogens with zero attached hydrogens (tertiary/aromatic N) is 1. The molecule has 0 atom stereocenters. The number of carbonyl (C=O) groups is 1. The summed E-state index contributed by atoms with van der Waals surface area (Å²) in [5, 5.41) is 2.93. The molecule has 112 valence electrons. The Balaban J connectivity index is 2.01. The van der Waals surface area contributed by atoms with Crippen molar-refractivity contribution < 1.29 is 9.21 Å². The van der Waals surface area contributed by atoms with E-state index >= 15 is 0 Å². The Morgan fingerprint density at radius 3 is 2.86 bits per heavy atom. The van der Waals surface area contributed by atoms with Gasteiger partial charge < -0.3 is 9.73 Å². The van der Waals surface area contributed by atoms with Gasteiger partial charge in [0.15, 0.2) is 5.58 Å². The molecule has 0 fully saturated rings. The summed E-state index contributed by atoms with van der Waals surface area (Å²) < 4.78 is 5.83. The number of aromatic nitrogens is 1. The number of benzene rings is 2. The van der Waals surface area contributed by atoms with E-state index < -0.39 is 0 Å². The minimum absolute atomic E-state index is 0.00176. The van der Waals surface area contributed by atoms with Gasteiger partial charge in [0.1, 0.15) is 5.52 Å². The van der Waals surface area contributed by atoms with Gasteiger partial charge in [-0.05, 0) is 43.2 Å². The van der Waals surface area contributed by atoms with E-state index in [4.69, 9.17) is 4.42 Å². The number of hydrogen-bond acceptors (Lipinski definition) is 3. The average Bonchev–Trinajstić information content (AvgIpc) is 2.90. The van der Waals surface area contributed by atoms with E-state index in [-0.39, 0.29) is 5.91 Å². The van der Waals surface area contributed by atoms with Crippen molar-refractivity contribution in [3.05, 3.63) is 48.0 Å². The maximum Gasteiger partial charge on any atom is 0.229 e. The number of carbonyl (C=O) groups excluding carboxylic acids is 1. The number of aryl methyl sites for hydroxylation is 1. The van der Waals surface area contributed by atoms with Crippen LogP contribution in [0.2, 0.25) is 0 Å². The van der Waals surface area contributed by atoms with Crippen LogP contribution in [-0.4, -0.2) is 10.9 Å². The van der Waals surface area contributed by atoms with Gasteiger partial charge >= 0.3 is 0 Å². The molecule has 3 rings (SSSR count). The van der Waals surface area contributed by atoms with Gasteiger partial charge in [0.05, 0.1) is 11.3 Å². The summed E-state index contributed by atoms with van der Waals surface area (Å²) in [5.74, 6) is 0.523. The molecule has 0 bridgehead atoms. The molecule has 0 unspecified atom stereocenters. The van der Waals surface area contributed by atoms with Crippen LogP contribution >= 0.6 is 0 Å². The van der Waals surface area contributed by atoms with Crippen molar-refractivity contribution in [2.75, 3.05) is 5.32 Å². The number of amides is 1. The molecule has 0 aliphatic carbocycles. The molecule has 0 saturated heterocycles. The molecule has 1 amide bonds. The van der Waals surface area contributed by atoms with Crippen molar-refractivity contribution in [1.82, 2.24) is 4.98 Å². The van der Waals surface area contributed by atoms with Crippen LogP contribution in [0.1, 0.15) is 25.3 Å². The lowest BCUT2D eigenvalue weighted by molar-refractivity contribution is -0.116. The predicted octanol–water partition coefficient (Wildman–Crippen LogP) is 4.54. The number of anilines is 1. The van der Waals surface area contributed by atoms with Crippen LogP contribution < -0.4 is 5.32 Å². The third-order valence-electron chi connectivity index (χ3n) is 3.45. The molecule has 4 nitrogen and oxygen atoms in total. The van der Waals surface area contributed by atoms with Crippen molar-refractivity contribution in [3.8, 4) is 11.5 Å². The highest BCUT2D eigenvalue weighted by atomic mass is 16.3. The minimum Gasteiger partial charge on any atom is -0.436 e. The summed E-state index contributed by atoms with van der Waals surface area (Å²) in [6.07, 6.45) is 1.32. The zero-order valence-electron chi connectivity index (χ0n) is 12.7. The monoisotopic (exact) mass is 294 g/mol. The maximum absolute atomic E-state index is 11.9. The highest BCUT2D eigenvalue weighted by Crippen LogP contribution is 2.30. The molecule has 22 heavy (non-hydrogen) atoms. The Kier molecular flexibility index (Phi) is 3.92. The topological polar surface area (TPSA) is 55.1 Å². The molecular formula is C18H18N2O2. The molecule has 3 aromatic rings. The molecule has 1 heterocycles. The number of nitrogens with one attached hydrogen (secondary N) is 1. The lowest BCUT2D eigenvalue weighted by Gasteiger charge is -2.08. The van der Waals surface area contributed by atoms with Gasteiger partial charge in [-0.15, -0.1) is 0 Å². The fraction of sp³-hybridized carbons (Fsp3) is 0.222. The van der Waals surface area contributed by atoms with Gasteiger partial charge in [0.2, 0.25) is 11.8 Å². The molecule has 0 aliphatic rings. The summed E-state index contributed by atoms with van der Waals surface area (Å²) in [4.78, 5) is 16.4. The fourth-order valence-electron chi connectivity index (χ4n) is 2.37. The Morgan fingerprint density at radius 1 is 1.23 bits per heavy atom. The van der Waals surface area contributed by atoms with Gasteiger partial charge in [-0.1, -0.05) is 25.1 Å². The van der Waals surface area contributed by atoms with E-state index in [1.165, 1.54) is 0 Å². The van der Waals surface area contributed by atoms with Crippen LogP contribution in [0.4, 0.5) is 5.69 Å². The average molecular weight is 294 g/mol. The normalized spacial score (nSPS) is 10.8. The predicted molar refractivity (Wildman–Crippen MR) is 87.7 cm³/mol. The molecular weight excluding hydrogens is 276 g/mol. The van der Waals surface area contributed by atoms with Crippen molar-refractivity contribution >= 4 is 22.7 Å². The largest absolute Gasteiger partial charge is 0.436 e. The van der Waals surface area contributed by atoms with Gasteiger partial charge in [0.25, 0.3) is 0 Å². The molecule has 2 aromatic carbocycles. The number of hydrogen-bond donors (Lipinski definition) is 1. The van der Waals surface area contributed by atoms with E-state index in [1.54, 1.807) is 0 Å². The van der Waals surface area contributed by atoms with Crippen LogP contribution in [0.3, 0.4) is 0 Å². The lowest BCUT2D eigenvalue weighted by atomic mass is 10.1. The quantitative estimate of drug-likeness (QED) is 0.768. The zero-order chi connectivity index (χ0) is 15.5. The van der Waals surface area contributed by atoms with Gasteiger partial charge in [0, 0.05) is 6.42 Å². The second-order valence-corrected chi connectivity index (χ2v) is 5.33. The van der Waals surface area contributed by atoms with Gasteiger partial charge in [-0.3, -0.25) is 4.79 Å². The summed E-state index contributed by atoms with van der Waals surface area (Å²) >= 11 is 0. The summed E-state index contributed by atoms with van der Waals surface area (Å²) in [6.45, 7) is 4.00. The lowest BCUT2D eigenvalue weighted by Crippen LogP contribution is -2.11. The highest BCUT2D eigenvalue weighted by Gasteiger charge is 2.13. The molecule has 1 N–H and O–H groups in total. The molecule has 0 aliphatic heterocycles. The molecule has 4 heteroatoms. The minimum atomic E-state index is 0.00176. The zero-order valence-corrected chi connectivity index (χ0v) is 12.7. The van der Waals surface area contributed by atoms with Gasteiger partial charge in [-0.2, -0.15) is 0 Å². The number of para-hydroxylation sites is 1. The summed E-state index contributed by atoms with van der Waals surface area (Å²) in [6, 6.07) is 13.5. The van der Waals surface area contributed by atoms with Crippen molar-refractivity contribution in [2.24, 2.45) is 0 Å². The van der Waals surface area contributed by atoms with Crippen LogP contribution in [0.15, 0.2) is 46.9 Å². The standard InChI is InChI=1S/C18H18N2O2/c1-3-6-17(21)19-14-8-5-4-7-13(14)18-20-15-11-12(2)9-10-16(15)22-18/h4-5,7-11H,3,6H2,1-2H3,(H,19,21). The second-order valence-electron chi connectivity index (χ2n) is 5.33. The first kappa shape index (κ1) is 14.3. The molecule has 0 saturated carbocycles. The van der Waals surface area contributed by atoms with Crippen molar-refractivity contribution in [2.45, 2.75) is 26.7 Å². The SMILES string of the molecule is CCCC(=O)Nc1ccccc1-c1nc2cc(C)ccc2o1. The summed E-state index contributed by atoms with van der Waals surface area (Å²) in [7, 11) is 0. The fourth-order valence-corrected chi connectivity index (χ4v) is 2.37. The number of rotatable bonds is 4. The van der Waals surface area contributed by atoms with E-state index in [0.29, 0.717) is 12.3 Å². The van der Waals surface area contributed by atoms with Crippen LogP contribution in [-0.2, 0) is 4.79 Å². The van der Waals surface area contributed by atoms with Crippen molar-refractivity contribution in [1.29, 1.82) is 0 Å². The van der Waals surface area contributed by atoms with E-state index in [1.807, 2.05) is 56.3 Å². The Morgan fingerprint density at radius 2 is 2.05 bits per heavy atom. The van der Waals surface area contributed by atoms with Crippen LogP contribution in [0.25, 0.3) is 22.6 Å². The third-order valence-corrected chi connectivity index (χ3v) is 3.45. The highest BCUT2D eigenvalue weighted by molar-refractivity contribution is 5.95. The first-order valence-electron chi connectivity index (χ1n) is 7.44. The first-order chi connectivity index (χ1) is 10.7. The van der Waals surface area contributed by atoms with Crippen LogP contribution in [0.5, 0.6) is 0 Å². The number of oxazole rings is 1. The van der Waals surface area contributed by atoms with Crippen molar-refractivity contribution in [3.63, 3.8) is 0 Å².